The molecule has 2 N–H and O–H groups in total. The molecule has 1 saturated carbocycles. The molecule has 0 bridgehead atoms. The Morgan fingerprint density at radius 1 is 1.20 bits per heavy atom. The number of hydrogen-bond acceptors (Lipinski definition) is 5. The highest BCUT2D eigenvalue weighted by atomic mass is 19.1. The molecule has 1 amide bonds. The van der Waals surface area contributed by atoms with Crippen LogP contribution in [0, 0.1) is 11.7 Å². The second-order valence-electron chi connectivity index (χ2n) is 7.10. The Hall–Kier alpha value is -3.68. The van der Waals surface area contributed by atoms with Gasteiger partial charge in [-0.1, -0.05) is 18.2 Å². The van der Waals surface area contributed by atoms with Crippen molar-refractivity contribution >= 4 is 35.1 Å². The van der Waals surface area contributed by atoms with Crippen LogP contribution in [0.15, 0.2) is 36.4 Å². The largest absolute Gasteiger partial charge is 0.495 e. The van der Waals surface area contributed by atoms with Gasteiger partial charge in [0.15, 0.2) is 0 Å². The minimum atomic E-state index is -0.771. The number of nitrogens with two attached hydrogens (primary N) is 1. The SMILES string of the molecule is COc1c(C(=O)OCC2CC2)ccc2c1c(C=Cc1ccc(F)cc1)nn2C(N)=O. The summed E-state index contributed by atoms with van der Waals surface area (Å²) in [4.78, 5) is 24.5. The van der Waals surface area contributed by atoms with Crippen molar-refractivity contribution in [1.82, 2.24) is 9.78 Å². The molecule has 1 aromatic heterocycles. The van der Waals surface area contributed by atoms with Crippen LogP contribution < -0.4 is 10.5 Å². The number of fused-ring (bicyclic) bond motifs is 1. The summed E-state index contributed by atoms with van der Waals surface area (Å²) in [5.41, 5.74) is 7.21. The van der Waals surface area contributed by atoms with Crippen LogP contribution in [0.3, 0.4) is 0 Å². The quantitative estimate of drug-likeness (QED) is 0.624. The number of amides is 1. The number of methoxy groups -OCH3 is 1. The van der Waals surface area contributed by atoms with E-state index in [0.29, 0.717) is 29.1 Å². The lowest BCUT2D eigenvalue weighted by Crippen LogP contribution is -2.20. The Bertz CT molecular complexity index is 1150. The number of hydrogen-bond donors (Lipinski definition) is 1. The lowest BCUT2D eigenvalue weighted by Gasteiger charge is -2.10. The average molecular weight is 409 g/mol. The first-order chi connectivity index (χ1) is 14.5. The van der Waals surface area contributed by atoms with Crippen molar-refractivity contribution in [1.29, 1.82) is 0 Å². The van der Waals surface area contributed by atoms with E-state index in [1.807, 2.05) is 0 Å². The molecule has 0 radical (unpaired) electrons. The molecule has 0 saturated heterocycles. The Morgan fingerprint density at radius 2 is 1.93 bits per heavy atom. The van der Waals surface area contributed by atoms with Crippen molar-refractivity contribution in [2.24, 2.45) is 11.7 Å². The van der Waals surface area contributed by atoms with Gasteiger partial charge in [0.2, 0.25) is 0 Å². The first-order valence-electron chi connectivity index (χ1n) is 9.48. The van der Waals surface area contributed by atoms with E-state index in [1.54, 1.807) is 30.4 Å². The van der Waals surface area contributed by atoms with E-state index in [1.165, 1.54) is 25.3 Å². The number of halogens is 1. The number of aromatic nitrogens is 2. The summed E-state index contributed by atoms with van der Waals surface area (Å²) in [6.45, 7) is 0.373. The zero-order valence-corrected chi connectivity index (χ0v) is 16.3. The molecule has 7 nitrogen and oxygen atoms in total. The third-order valence-electron chi connectivity index (χ3n) is 4.91. The predicted octanol–water partition coefficient (Wildman–Crippen LogP) is 3.85. The molecule has 0 atom stereocenters. The van der Waals surface area contributed by atoms with Crippen molar-refractivity contribution < 1.29 is 23.5 Å². The maximum Gasteiger partial charge on any atom is 0.341 e. The normalized spacial score (nSPS) is 13.7. The summed E-state index contributed by atoms with van der Waals surface area (Å²) in [5.74, 6) is -0.164. The monoisotopic (exact) mass is 409 g/mol. The van der Waals surface area contributed by atoms with Crippen LogP contribution in [-0.4, -0.2) is 35.5 Å². The van der Waals surface area contributed by atoms with Gasteiger partial charge >= 0.3 is 12.0 Å². The third-order valence-corrected chi connectivity index (χ3v) is 4.91. The van der Waals surface area contributed by atoms with Crippen molar-refractivity contribution in [2.75, 3.05) is 13.7 Å². The van der Waals surface area contributed by atoms with Gasteiger partial charge < -0.3 is 15.2 Å². The molecule has 1 aliphatic rings. The molecular weight excluding hydrogens is 389 g/mol. The molecule has 1 fully saturated rings. The van der Waals surface area contributed by atoms with E-state index >= 15 is 0 Å². The number of rotatable bonds is 6. The summed E-state index contributed by atoms with van der Waals surface area (Å²) in [5, 5.41) is 4.72. The second-order valence-corrected chi connectivity index (χ2v) is 7.10. The number of nitrogens with zero attached hydrogens (tertiary/aromatic N) is 2. The van der Waals surface area contributed by atoms with Crippen LogP contribution >= 0.6 is 0 Å². The van der Waals surface area contributed by atoms with Crippen molar-refractivity contribution in [3.8, 4) is 5.75 Å². The summed E-state index contributed by atoms with van der Waals surface area (Å²) >= 11 is 0. The highest BCUT2D eigenvalue weighted by molar-refractivity contribution is 6.05. The number of carbonyl (C=O) groups is 2. The summed E-state index contributed by atoms with van der Waals surface area (Å²) in [6, 6.07) is 8.24. The number of ether oxygens (including phenoxy) is 2. The molecule has 1 heterocycles. The zero-order valence-electron chi connectivity index (χ0n) is 16.3. The lowest BCUT2D eigenvalue weighted by molar-refractivity contribution is 0.0483. The zero-order chi connectivity index (χ0) is 21.3. The Balaban J connectivity index is 1.79. The fourth-order valence-corrected chi connectivity index (χ4v) is 3.17. The highest BCUT2D eigenvalue weighted by Crippen LogP contribution is 2.35. The first kappa shape index (κ1) is 19.6. The van der Waals surface area contributed by atoms with Gasteiger partial charge in [0.05, 0.1) is 30.3 Å². The van der Waals surface area contributed by atoms with Crippen molar-refractivity contribution in [2.45, 2.75) is 12.8 Å². The minimum absolute atomic E-state index is 0.242. The number of benzene rings is 2. The van der Waals surface area contributed by atoms with E-state index in [-0.39, 0.29) is 17.1 Å². The lowest BCUT2D eigenvalue weighted by atomic mass is 10.1. The van der Waals surface area contributed by atoms with Gasteiger partial charge in [-0.05, 0) is 54.7 Å². The molecule has 8 heteroatoms. The molecule has 4 rings (SSSR count). The predicted molar refractivity (Wildman–Crippen MR) is 110 cm³/mol. The molecule has 2 aromatic carbocycles. The molecule has 154 valence electrons. The van der Waals surface area contributed by atoms with Gasteiger partial charge in [-0.15, -0.1) is 0 Å². The summed E-state index contributed by atoms with van der Waals surface area (Å²) in [6.07, 6.45) is 5.49. The maximum absolute atomic E-state index is 13.1. The number of primary amides is 1. The minimum Gasteiger partial charge on any atom is -0.495 e. The van der Waals surface area contributed by atoms with Crippen LogP contribution in [0.4, 0.5) is 9.18 Å². The second kappa shape index (κ2) is 7.98. The van der Waals surface area contributed by atoms with E-state index in [2.05, 4.69) is 5.10 Å². The van der Waals surface area contributed by atoms with Gasteiger partial charge in [-0.25, -0.2) is 14.0 Å². The fourth-order valence-electron chi connectivity index (χ4n) is 3.17. The van der Waals surface area contributed by atoms with Gasteiger partial charge in [-0.2, -0.15) is 9.78 Å². The molecule has 0 aliphatic heterocycles. The average Bonchev–Trinajstić information content (AvgIpc) is 3.50. The standard InChI is InChI=1S/C22H20FN3O4/c1-29-20-16(21(27)30-12-14-2-3-14)9-11-18-19(20)17(25-26(18)22(24)28)10-6-13-4-7-15(23)8-5-13/h4-11,14H,2-3,12H2,1H3,(H2,24,28). The van der Waals surface area contributed by atoms with Gasteiger partial charge in [-0.3, -0.25) is 0 Å². The van der Waals surface area contributed by atoms with Gasteiger partial charge in [0.25, 0.3) is 0 Å². The van der Waals surface area contributed by atoms with Gasteiger partial charge in [0.1, 0.15) is 17.1 Å². The molecule has 1 aliphatic carbocycles. The summed E-state index contributed by atoms with van der Waals surface area (Å²) < 4.78 is 25.1. The van der Waals surface area contributed by atoms with Crippen molar-refractivity contribution in [3.05, 3.63) is 59.0 Å². The summed E-state index contributed by atoms with van der Waals surface area (Å²) in [7, 11) is 1.43. The van der Waals surface area contributed by atoms with E-state index in [4.69, 9.17) is 15.2 Å². The van der Waals surface area contributed by atoms with E-state index in [9.17, 15) is 14.0 Å². The Morgan fingerprint density at radius 3 is 2.57 bits per heavy atom. The molecule has 0 spiro atoms. The smallest absolute Gasteiger partial charge is 0.341 e. The number of esters is 1. The third kappa shape index (κ3) is 3.89. The molecule has 0 unspecified atom stereocenters. The van der Waals surface area contributed by atoms with Crippen LogP contribution in [0.25, 0.3) is 23.1 Å². The van der Waals surface area contributed by atoms with Gasteiger partial charge in [0, 0.05) is 0 Å². The molecular formula is C22H20FN3O4. The maximum atomic E-state index is 13.1. The highest BCUT2D eigenvalue weighted by Gasteiger charge is 2.26. The number of carbonyl (C=O) groups excluding carboxylic acids is 2. The van der Waals surface area contributed by atoms with Crippen LogP contribution in [0.1, 0.15) is 34.5 Å². The van der Waals surface area contributed by atoms with Crippen molar-refractivity contribution in [3.63, 3.8) is 0 Å². The van der Waals surface area contributed by atoms with E-state index in [0.717, 1.165) is 23.1 Å². The fraction of sp³-hybridized carbons (Fsp3) is 0.227. The van der Waals surface area contributed by atoms with Crippen LogP contribution in [0.5, 0.6) is 5.75 Å². The molecule has 3 aromatic rings. The first-order valence-corrected chi connectivity index (χ1v) is 9.48. The topological polar surface area (TPSA) is 96.4 Å². The van der Waals surface area contributed by atoms with Crippen LogP contribution in [0.2, 0.25) is 0 Å². The Labute approximate surface area is 171 Å². The van der Waals surface area contributed by atoms with Crippen LogP contribution in [-0.2, 0) is 4.74 Å². The molecule has 30 heavy (non-hydrogen) atoms. The van der Waals surface area contributed by atoms with E-state index < -0.39 is 12.0 Å². The Kier molecular flexibility index (Phi) is 5.22.